The summed E-state index contributed by atoms with van der Waals surface area (Å²) < 4.78 is 22.1. The molecule has 35 heavy (non-hydrogen) atoms. The number of carboxylic acid groups (broad SMARTS) is 1. The molecule has 1 aliphatic heterocycles. The summed E-state index contributed by atoms with van der Waals surface area (Å²) in [6.45, 7) is 0.627. The molecule has 0 fully saturated rings. The Labute approximate surface area is 205 Å². The van der Waals surface area contributed by atoms with E-state index >= 15 is 0 Å². The third kappa shape index (κ3) is 5.06. The summed E-state index contributed by atoms with van der Waals surface area (Å²) >= 11 is 0. The lowest BCUT2D eigenvalue weighted by Gasteiger charge is -2.43. The van der Waals surface area contributed by atoms with E-state index in [4.69, 9.17) is 18.9 Å². The Bertz CT molecular complexity index is 1140. The highest BCUT2D eigenvalue weighted by molar-refractivity contribution is 5.97. The second-order valence-corrected chi connectivity index (χ2v) is 8.66. The molecule has 2 unspecified atom stereocenters. The number of carbonyl (C=O) groups is 1. The third-order valence-corrected chi connectivity index (χ3v) is 6.79. The second-order valence-electron chi connectivity index (χ2n) is 8.66. The van der Waals surface area contributed by atoms with Crippen molar-refractivity contribution in [3.05, 3.63) is 59.3 Å². The summed E-state index contributed by atoms with van der Waals surface area (Å²) in [6, 6.07) is 10.2. The Morgan fingerprint density at radius 3 is 2.37 bits per heavy atom. The predicted octanol–water partition coefficient (Wildman–Crippen LogP) is 4.06. The molecule has 0 spiro atoms. The molecule has 8 heteroatoms. The number of hydrogen-bond donors (Lipinski definition) is 1. The van der Waals surface area contributed by atoms with Crippen molar-refractivity contribution in [3.8, 4) is 23.0 Å². The maximum Gasteiger partial charge on any atom is 0.311 e. The molecule has 1 heterocycles. The molecule has 0 saturated carbocycles. The lowest BCUT2D eigenvalue weighted by atomic mass is 9.75. The number of amidine groups is 1. The van der Waals surface area contributed by atoms with E-state index in [1.807, 2.05) is 18.2 Å². The lowest BCUT2D eigenvalue weighted by Crippen LogP contribution is -2.47. The zero-order chi connectivity index (χ0) is 24.9. The summed E-state index contributed by atoms with van der Waals surface area (Å²) in [7, 11) is 6.54. The van der Waals surface area contributed by atoms with Gasteiger partial charge in [-0.3, -0.25) is 4.79 Å². The van der Waals surface area contributed by atoms with Gasteiger partial charge in [-0.05, 0) is 66.3 Å². The number of hydrogen-bond acceptors (Lipinski definition) is 7. The Morgan fingerprint density at radius 2 is 1.69 bits per heavy atom. The molecule has 0 radical (unpaired) electrons. The minimum absolute atomic E-state index is 0.0664. The fourth-order valence-corrected chi connectivity index (χ4v) is 5.18. The molecule has 0 bridgehead atoms. The number of benzene rings is 2. The number of carboxylic acids is 1. The molecule has 2 aliphatic rings. The molecule has 0 amide bonds. The average Bonchev–Trinajstić information content (AvgIpc) is 2.88. The van der Waals surface area contributed by atoms with E-state index in [1.54, 1.807) is 34.6 Å². The van der Waals surface area contributed by atoms with Crippen molar-refractivity contribution >= 4 is 11.8 Å². The van der Waals surface area contributed by atoms with Crippen molar-refractivity contribution in [2.75, 3.05) is 35.0 Å². The van der Waals surface area contributed by atoms with Gasteiger partial charge in [0.15, 0.2) is 23.0 Å². The van der Waals surface area contributed by atoms with Crippen LogP contribution in [0.4, 0.5) is 0 Å². The van der Waals surface area contributed by atoms with Crippen LogP contribution in [0.2, 0.25) is 0 Å². The quantitative estimate of drug-likeness (QED) is 0.579. The monoisotopic (exact) mass is 480 g/mol. The zero-order valence-electron chi connectivity index (χ0n) is 20.6. The minimum atomic E-state index is -0.886. The van der Waals surface area contributed by atoms with Crippen molar-refractivity contribution in [1.82, 2.24) is 4.90 Å². The van der Waals surface area contributed by atoms with Crippen LogP contribution in [0.5, 0.6) is 23.0 Å². The number of rotatable bonds is 9. The molecule has 186 valence electrons. The highest BCUT2D eigenvalue weighted by Gasteiger charge is 2.36. The van der Waals surface area contributed by atoms with Gasteiger partial charge in [0.1, 0.15) is 12.3 Å². The number of aliphatic imine (C=N–C) groups is 1. The van der Waals surface area contributed by atoms with E-state index in [2.05, 4.69) is 28.1 Å². The lowest BCUT2D eigenvalue weighted by molar-refractivity contribution is -0.135. The molecule has 2 atom stereocenters. The van der Waals surface area contributed by atoms with Crippen LogP contribution in [-0.4, -0.2) is 62.8 Å². The summed E-state index contributed by atoms with van der Waals surface area (Å²) in [6.07, 6.45) is 6.01. The number of fused-ring (bicyclic) bond motifs is 1. The largest absolute Gasteiger partial charge is 0.493 e. The molecule has 2 aromatic rings. The average molecular weight is 481 g/mol. The highest BCUT2D eigenvalue weighted by atomic mass is 16.5. The van der Waals surface area contributed by atoms with Gasteiger partial charge >= 0.3 is 5.97 Å². The van der Waals surface area contributed by atoms with E-state index in [-0.39, 0.29) is 18.4 Å². The van der Waals surface area contributed by atoms with Crippen LogP contribution in [0.1, 0.15) is 35.4 Å². The van der Waals surface area contributed by atoms with Gasteiger partial charge in [-0.1, -0.05) is 6.07 Å². The Morgan fingerprint density at radius 1 is 1.00 bits per heavy atom. The summed E-state index contributed by atoms with van der Waals surface area (Å²) in [4.78, 5) is 18.2. The van der Waals surface area contributed by atoms with E-state index in [0.29, 0.717) is 35.4 Å². The van der Waals surface area contributed by atoms with E-state index < -0.39 is 5.97 Å². The molecule has 2 aromatic carbocycles. The van der Waals surface area contributed by atoms with E-state index in [9.17, 15) is 9.90 Å². The number of nitrogens with zero attached hydrogens (tertiary/aromatic N) is 2. The van der Waals surface area contributed by atoms with Crippen LogP contribution < -0.4 is 18.9 Å². The van der Waals surface area contributed by atoms with Crippen molar-refractivity contribution in [3.63, 3.8) is 0 Å². The minimum Gasteiger partial charge on any atom is -0.493 e. The first-order valence-corrected chi connectivity index (χ1v) is 11.6. The number of ether oxygens (including phenoxy) is 4. The van der Waals surface area contributed by atoms with Crippen molar-refractivity contribution in [1.29, 1.82) is 0 Å². The van der Waals surface area contributed by atoms with Gasteiger partial charge < -0.3 is 29.0 Å². The van der Waals surface area contributed by atoms with E-state index in [1.165, 1.54) is 11.1 Å². The molecule has 4 rings (SSSR count). The van der Waals surface area contributed by atoms with Gasteiger partial charge in [0.25, 0.3) is 0 Å². The maximum absolute atomic E-state index is 11.6. The molecule has 1 N–H and O–H groups in total. The first-order valence-electron chi connectivity index (χ1n) is 11.6. The normalized spacial score (nSPS) is 19.0. The SMILES string of the molecule is COc1ccc(CC2c3cc(OC)c(OC)cc3CCC2N2CC=CN=C2CC(=O)O)cc1OC. The summed E-state index contributed by atoms with van der Waals surface area (Å²) in [5.41, 5.74) is 3.50. The Hall–Kier alpha value is -3.68. The van der Waals surface area contributed by atoms with Gasteiger partial charge in [0.05, 0.1) is 28.4 Å². The third-order valence-electron chi connectivity index (χ3n) is 6.79. The summed E-state index contributed by atoms with van der Waals surface area (Å²) in [5.74, 6) is 2.53. The number of aryl methyl sites for hydroxylation is 1. The van der Waals surface area contributed by atoms with E-state index in [0.717, 1.165) is 24.8 Å². The molecule has 1 aliphatic carbocycles. The van der Waals surface area contributed by atoms with Crippen LogP contribution in [0, 0.1) is 0 Å². The molecular weight excluding hydrogens is 448 g/mol. The fourth-order valence-electron chi connectivity index (χ4n) is 5.18. The first kappa shape index (κ1) is 24.4. The van der Waals surface area contributed by atoms with Gasteiger partial charge in [-0.2, -0.15) is 0 Å². The number of aliphatic carboxylic acids is 1. The Kier molecular flexibility index (Phi) is 7.48. The maximum atomic E-state index is 11.6. The van der Waals surface area contributed by atoms with Gasteiger partial charge in [0, 0.05) is 24.7 Å². The second kappa shape index (κ2) is 10.7. The molecule has 8 nitrogen and oxygen atoms in total. The van der Waals surface area contributed by atoms with Crippen LogP contribution >= 0.6 is 0 Å². The van der Waals surface area contributed by atoms with Crippen LogP contribution in [0.15, 0.2) is 47.6 Å². The fraction of sp³-hybridized carbons (Fsp3) is 0.407. The van der Waals surface area contributed by atoms with Gasteiger partial charge in [-0.15, -0.1) is 0 Å². The molecule has 0 aromatic heterocycles. The van der Waals surface area contributed by atoms with Gasteiger partial charge in [0.2, 0.25) is 0 Å². The van der Waals surface area contributed by atoms with Crippen LogP contribution in [0.3, 0.4) is 0 Å². The topological polar surface area (TPSA) is 89.8 Å². The first-order chi connectivity index (χ1) is 17.0. The number of methoxy groups -OCH3 is 4. The van der Waals surface area contributed by atoms with Crippen LogP contribution in [-0.2, 0) is 17.6 Å². The highest BCUT2D eigenvalue weighted by Crippen LogP contribution is 2.43. The van der Waals surface area contributed by atoms with Crippen LogP contribution in [0.25, 0.3) is 0 Å². The standard InChI is InChI=1S/C27H32N2O6/c1-32-22-9-6-17(13-23(22)33-2)12-20-19-15-25(35-4)24(34-3)14-18(19)7-8-21(20)29-11-5-10-28-26(29)16-27(30)31/h5-6,9-10,13-15,20-21H,7-8,11-12,16H2,1-4H3,(H,30,31). The molecular formula is C27H32N2O6. The summed E-state index contributed by atoms with van der Waals surface area (Å²) in [5, 5.41) is 9.49. The smallest absolute Gasteiger partial charge is 0.311 e. The van der Waals surface area contributed by atoms with Crippen molar-refractivity contribution < 1.29 is 28.8 Å². The molecule has 0 saturated heterocycles. The Balaban J connectivity index is 1.77. The van der Waals surface area contributed by atoms with Crippen molar-refractivity contribution in [2.24, 2.45) is 4.99 Å². The van der Waals surface area contributed by atoms with Crippen molar-refractivity contribution in [2.45, 2.75) is 37.6 Å². The predicted molar refractivity (Wildman–Crippen MR) is 133 cm³/mol. The zero-order valence-corrected chi connectivity index (χ0v) is 20.6. The van der Waals surface area contributed by atoms with Gasteiger partial charge in [-0.25, -0.2) is 4.99 Å².